The third-order valence-electron chi connectivity index (χ3n) is 4.82. The second kappa shape index (κ2) is 10.8. The van der Waals surface area contributed by atoms with Crippen molar-refractivity contribution in [2.45, 2.75) is 45.6 Å². The number of aliphatic imine (C=N–C) groups is 1. The Morgan fingerprint density at radius 1 is 1.17 bits per heavy atom. The average molecular weight is 472 g/mol. The Labute approximate surface area is 164 Å². The summed E-state index contributed by atoms with van der Waals surface area (Å²) < 4.78 is 22.9. The lowest BCUT2D eigenvalue weighted by Gasteiger charge is -2.28. The monoisotopic (exact) mass is 472 g/mol. The summed E-state index contributed by atoms with van der Waals surface area (Å²) in [5.74, 6) is 2.32. The number of guanidine groups is 1. The van der Waals surface area contributed by atoms with E-state index in [-0.39, 0.29) is 35.5 Å². The van der Waals surface area contributed by atoms with Gasteiger partial charge in [-0.2, -0.15) is 0 Å². The highest BCUT2D eigenvalue weighted by molar-refractivity contribution is 14.0. The third kappa shape index (κ3) is 7.86. The zero-order valence-corrected chi connectivity index (χ0v) is 18.1. The van der Waals surface area contributed by atoms with Crippen LogP contribution < -0.4 is 10.6 Å². The Bertz CT molecular complexity index is 476. The Kier molecular flexibility index (Phi) is 9.88. The Morgan fingerprint density at radius 2 is 1.79 bits per heavy atom. The van der Waals surface area contributed by atoms with E-state index in [1.54, 1.807) is 0 Å². The number of sulfone groups is 1. The number of hydrogen-bond donors (Lipinski definition) is 2. The van der Waals surface area contributed by atoms with E-state index in [2.05, 4.69) is 34.4 Å². The number of nitrogens with zero attached hydrogens (tertiary/aromatic N) is 2. The van der Waals surface area contributed by atoms with Crippen molar-refractivity contribution in [1.82, 2.24) is 15.5 Å². The van der Waals surface area contributed by atoms with Gasteiger partial charge in [0.25, 0.3) is 0 Å². The molecule has 0 aromatic rings. The van der Waals surface area contributed by atoms with E-state index in [1.165, 1.54) is 25.7 Å². The Hall–Kier alpha value is -0.0900. The molecule has 2 aliphatic rings. The highest BCUT2D eigenvalue weighted by Crippen LogP contribution is 2.23. The lowest BCUT2D eigenvalue weighted by Crippen LogP contribution is -2.45. The first-order valence-corrected chi connectivity index (χ1v) is 10.8. The molecule has 0 amide bonds. The molecule has 0 atom stereocenters. The van der Waals surface area contributed by atoms with Crippen LogP contribution >= 0.6 is 24.0 Å². The van der Waals surface area contributed by atoms with Gasteiger partial charge in [0, 0.05) is 32.2 Å². The van der Waals surface area contributed by atoms with Gasteiger partial charge < -0.3 is 10.6 Å². The largest absolute Gasteiger partial charge is 0.357 e. The number of rotatable bonds is 5. The van der Waals surface area contributed by atoms with Crippen LogP contribution in [0.25, 0.3) is 0 Å². The van der Waals surface area contributed by atoms with Crippen molar-refractivity contribution in [3.63, 3.8) is 0 Å². The maximum Gasteiger partial charge on any atom is 0.191 e. The molecule has 2 rings (SSSR count). The highest BCUT2D eigenvalue weighted by Gasteiger charge is 2.21. The number of halogens is 1. The summed E-state index contributed by atoms with van der Waals surface area (Å²) >= 11 is 0. The summed E-state index contributed by atoms with van der Waals surface area (Å²) in [5.41, 5.74) is 0. The van der Waals surface area contributed by atoms with Crippen molar-refractivity contribution in [1.29, 1.82) is 0 Å². The van der Waals surface area contributed by atoms with Crippen LogP contribution in [-0.4, -0.2) is 69.5 Å². The van der Waals surface area contributed by atoms with Gasteiger partial charge in [-0.25, -0.2) is 8.42 Å². The fraction of sp³-hybridized carbons (Fsp3) is 0.938. The molecule has 1 saturated heterocycles. The van der Waals surface area contributed by atoms with Gasteiger partial charge in [0.2, 0.25) is 0 Å². The van der Waals surface area contributed by atoms with Gasteiger partial charge in [0.05, 0.1) is 18.1 Å². The molecule has 0 spiro atoms. The maximum atomic E-state index is 11.4. The standard InChI is InChI=1S/C16H32N4O2S.HI/c1-3-17-16(19-15-6-4-14(2)5-7-15)18-8-9-20-10-12-23(21,22)13-11-20;/h14-15H,3-13H2,1-2H3,(H2,17,18,19);1H. The molecule has 24 heavy (non-hydrogen) atoms. The van der Waals surface area contributed by atoms with E-state index in [4.69, 9.17) is 0 Å². The van der Waals surface area contributed by atoms with Crippen molar-refractivity contribution >= 4 is 39.8 Å². The van der Waals surface area contributed by atoms with Crippen LogP contribution in [0.3, 0.4) is 0 Å². The molecular weight excluding hydrogens is 439 g/mol. The van der Waals surface area contributed by atoms with E-state index in [9.17, 15) is 8.42 Å². The minimum absolute atomic E-state index is 0. The minimum atomic E-state index is -2.79. The van der Waals surface area contributed by atoms with Gasteiger partial charge >= 0.3 is 0 Å². The topological polar surface area (TPSA) is 73.8 Å². The molecule has 0 bridgehead atoms. The molecular formula is C16H33IN4O2S. The molecule has 1 heterocycles. The zero-order chi connectivity index (χ0) is 16.7. The molecule has 1 aliphatic carbocycles. The van der Waals surface area contributed by atoms with Gasteiger partial charge in [-0.3, -0.25) is 9.89 Å². The molecule has 6 nitrogen and oxygen atoms in total. The fourth-order valence-electron chi connectivity index (χ4n) is 3.19. The van der Waals surface area contributed by atoms with E-state index >= 15 is 0 Å². The predicted octanol–water partition coefficient (Wildman–Crippen LogP) is 1.47. The second-order valence-electron chi connectivity index (χ2n) is 6.86. The molecule has 142 valence electrons. The first kappa shape index (κ1) is 22.0. The zero-order valence-electron chi connectivity index (χ0n) is 15.0. The Morgan fingerprint density at radius 3 is 2.38 bits per heavy atom. The van der Waals surface area contributed by atoms with Gasteiger partial charge in [0.15, 0.2) is 15.8 Å². The summed E-state index contributed by atoms with van der Waals surface area (Å²) in [5, 5.41) is 6.87. The van der Waals surface area contributed by atoms with Crippen LogP contribution in [0.4, 0.5) is 0 Å². The van der Waals surface area contributed by atoms with E-state index < -0.39 is 9.84 Å². The summed E-state index contributed by atoms with van der Waals surface area (Å²) in [6, 6.07) is 0.532. The SMILES string of the molecule is CCNC(=NCCN1CCS(=O)(=O)CC1)NC1CCC(C)CC1.I. The summed E-state index contributed by atoms with van der Waals surface area (Å²) in [6.07, 6.45) is 5.02. The molecule has 1 aliphatic heterocycles. The minimum Gasteiger partial charge on any atom is -0.357 e. The quantitative estimate of drug-likeness (QED) is 0.360. The molecule has 1 saturated carbocycles. The van der Waals surface area contributed by atoms with E-state index in [0.29, 0.717) is 25.7 Å². The highest BCUT2D eigenvalue weighted by atomic mass is 127. The summed E-state index contributed by atoms with van der Waals surface area (Å²) in [7, 11) is -2.79. The molecule has 2 N–H and O–H groups in total. The van der Waals surface area contributed by atoms with E-state index in [1.807, 2.05) is 0 Å². The van der Waals surface area contributed by atoms with Gasteiger partial charge in [-0.05, 0) is 38.5 Å². The smallest absolute Gasteiger partial charge is 0.191 e. The average Bonchev–Trinajstić information content (AvgIpc) is 2.51. The summed E-state index contributed by atoms with van der Waals surface area (Å²) in [4.78, 5) is 6.85. The second-order valence-corrected chi connectivity index (χ2v) is 9.16. The van der Waals surface area contributed by atoms with Crippen LogP contribution in [0.5, 0.6) is 0 Å². The van der Waals surface area contributed by atoms with Crippen molar-refractivity contribution < 1.29 is 8.42 Å². The fourth-order valence-corrected chi connectivity index (χ4v) is 4.47. The molecule has 2 fully saturated rings. The normalized spacial score (nSPS) is 28.0. The Balaban J connectivity index is 0.00000288. The van der Waals surface area contributed by atoms with Crippen molar-refractivity contribution in [3.8, 4) is 0 Å². The van der Waals surface area contributed by atoms with Crippen LogP contribution in [-0.2, 0) is 9.84 Å². The maximum absolute atomic E-state index is 11.4. The first-order valence-electron chi connectivity index (χ1n) is 8.96. The lowest BCUT2D eigenvalue weighted by molar-refractivity contribution is 0.303. The van der Waals surface area contributed by atoms with Crippen LogP contribution in [0.2, 0.25) is 0 Å². The van der Waals surface area contributed by atoms with Crippen LogP contribution in [0.15, 0.2) is 4.99 Å². The van der Waals surface area contributed by atoms with Gasteiger partial charge in [0.1, 0.15) is 0 Å². The summed E-state index contributed by atoms with van der Waals surface area (Å²) in [6.45, 7) is 8.08. The van der Waals surface area contributed by atoms with Crippen molar-refractivity contribution in [3.05, 3.63) is 0 Å². The molecule has 0 radical (unpaired) electrons. The molecule has 0 unspecified atom stereocenters. The first-order chi connectivity index (χ1) is 11.0. The number of nitrogens with one attached hydrogen (secondary N) is 2. The van der Waals surface area contributed by atoms with Crippen LogP contribution in [0.1, 0.15) is 39.5 Å². The molecule has 8 heteroatoms. The third-order valence-corrected chi connectivity index (χ3v) is 6.43. The number of hydrogen-bond acceptors (Lipinski definition) is 4. The van der Waals surface area contributed by atoms with Gasteiger partial charge in [-0.1, -0.05) is 6.92 Å². The van der Waals surface area contributed by atoms with Gasteiger partial charge in [-0.15, -0.1) is 24.0 Å². The molecule has 0 aromatic heterocycles. The van der Waals surface area contributed by atoms with Crippen molar-refractivity contribution in [2.75, 3.05) is 44.2 Å². The van der Waals surface area contributed by atoms with E-state index in [0.717, 1.165) is 25.0 Å². The predicted molar refractivity (Wildman–Crippen MR) is 111 cm³/mol. The van der Waals surface area contributed by atoms with Crippen molar-refractivity contribution in [2.24, 2.45) is 10.9 Å². The van der Waals surface area contributed by atoms with Crippen LogP contribution in [0, 0.1) is 5.92 Å². The molecule has 0 aromatic carbocycles. The lowest BCUT2D eigenvalue weighted by atomic mass is 9.87.